The van der Waals surface area contributed by atoms with Gasteiger partial charge in [0.05, 0.1) is 5.03 Å². The van der Waals surface area contributed by atoms with Crippen LogP contribution in [0.1, 0.15) is 31.0 Å². The van der Waals surface area contributed by atoms with Gasteiger partial charge in [0.25, 0.3) is 0 Å². The second kappa shape index (κ2) is 3.64. The molecule has 2 unspecified atom stereocenters. The van der Waals surface area contributed by atoms with E-state index in [2.05, 4.69) is 9.55 Å². The molecule has 82 valence electrons. The van der Waals surface area contributed by atoms with Crippen LogP contribution in [0.3, 0.4) is 0 Å². The minimum atomic E-state index is 0.369. The van der Waals surface area contributed by atoms with Crippen LogP contribution in [0.4, 0.5) is 0 Å². The fourth-order valence-corrected chi connectivity index (χ4v) is 4.24. The minimum absolute atomic E-state index is 0.369. The van der Waals surface area contributed by atoms with Gasteiger partial charge in [0.1, 0.15) is 0 Å². The molecule has 1 aliphatic heterocycles. The van der Waals surface area contributed by atoms with Crippen LogP contribution in [0.2, 0.25) is 0 Å². The molecular formula is C10H15N3S2. The highest BCUT2D eigenvalue weighted by atomic mass is 32.2. The van der Waals surface area contributed by atoms with Crippen molar-refractivity contribution < 1.29 is 0 Å². The number of nitrogens with one attached hydrogen (secondary N) is 1. The van der Waals surface area contributed by atoms with Crippen LogP contribution in [0.25, 0.3) is 0 Å². The maximum Gasteiger partial charge on any atom is 0.178 e. The summed E-state index contributed by atoms with van der Waals surface area (Å²) in [6, 6.07) is 0.909. The standard InChI is InChI=1S/C10H15N3S2/c11-6-1-2-7(5-6)13-9-8(3-4-15-9)12-10(13)14/h6-7H,1-5,11H2,(H,12,14). The number of fused-ring (bicyclic) bond motifs is 1. The third-order valence-electron chi connectivity index (χ3n) is 3.36. The molecule has 3 N–H and O–H groups in total. The van der Waals surface area contributed by atoms with Gasteiger partial charge in [-0.1, -0.05) is 0 Å². The number of thioether (sulfide) groups is 1. The summed E-state index contributed by atoms with van der Waals surface area (Å²) >= 11 is 7.32. The second-order valence-corrected chi connectivity index (χ2v) is 5.88. The maximum atomic E-state index is 5.96. The molecule has 0 bridgehead atoms. The molecular weight excluding hydrogens is 226 g/mol. The lowest BCUT2D eigenvalue weighted by molar-refractivity contribution is 0.475. The van der Waals surface area contributed by atoms with Gasteiger partial charge in [-0.2, -0.15) is 0 Å². The molecule has 2 atom stereocenters. The summed E-state index contributed by atoms with van der Waals surface area (Å²) in [6.45, 7) is 0. The van der Waals surface area contributed by atoms with Gasteiger partial charge in [-0.25, -0.2) is 0 Å². The lowest BCUT2D eigenvalue weighted by atomic mass is 10.2. The van der Waals surface area contributed by atoms with E-state index in [-0.39, 0.29) is 0 Å². The zero-order valence-corrected chi connectivity index (χ0v) is 10.2. The number of aromatic amines is 1. The molecule has 0 radical (unpaired) electrons. The molecule has 5 heteroatoms. The van der Waals surface area contributed by atoms with Crippen molar-refractivity contribution >= 4 is 24.0 Å². The number of hydrogen-bond donors (Lipinski definition) is 2. The van der Waals surface area contributed by atoms with Crippen LogP contribution in [-0.2, 0) is 6.42 Å². The van der Waals surface area contributed by atoms with Gasteiger partial charge in [0.15, 0.2) is 4.77 Å². The van der Waals surface area contributed by atoms with Gasteiger partial charge in [-0.15, -0.1) is 11.8 Å². The lowest BCUT2D eigenvalue weighted by Gasteiger charge is -2.14. The molecule has 0 spiro atoms. The summed E-state index contributed by atoms with van der Waals surface area (Å²) in [6.07, 6.45) is 4.53. The summed E-state index contributed by atoms with van der Waals surface area (Å²) < 4.78 is 3.21. The quantitative estimate of drug-likeness (QED) is 0.741. The molecule has 1 aromatic rings. The van der Waals surface area contributed by atoms with E-state index in [4.69, 9.17) is 18.0 Å². The highest BCUT2D eigenvalue weighted by Crippen LogP contribution is 2.38. The second-order valence-electron chi connectivity index (χ2n) is 4.41. The highest BCUT2D eigenvalue weighted by Gasteiger charge is 2.28. The smallest absolute Gasteiger partial charge is 0.178 e. The monoisotopic (exact) mass is 241 g/mol. The molecule has 3 rings (SSSR count). The summed E-state index contributed by atoms with van der Waals surface area (Å²) in [5, 5.41) is 1.37. The molecule has 2 aliphatic rings. The van der Waals surface area contributed by atoms with E-state index in [9.17, 15) is 0 Å². The largest absolute Gasteiger partial charge is 0.333 e. The Morgan fingerprint density at radius 3 is 3.07 bits per heavy atom. The normalized spacial score (nSPS) is 29.7. The van der Waals surface area contributed by atoms with E-state index in [0.29, 0.717) is 12.1 Å². The first-order chi connectivity index (χ1) is 7.25. The number of nitrogens with two attached hydrogens (primary N) is 1. The molecule has 1 aromatic heterocycles. The Bertz CT molecular complexity index is 434. The van der Waals surface area contributed by atoms with Crippen molar-refractivity contribution in [2.75, 3.05) is 5.75 Å². The van der Waals surface area contributed by atoms with Crippen molar-refractivity contribution in [3.05, 3.63) is 10.5 Å². The molecule has 0 amide bonds. The van der Waals surface area contributed by atoms with Gasteiger partial charge in [0, 0.05) is 23.5 Å². The van der Waals surface area contributed by atoms with Gasteiger partial charge < -0.3 is 15.3 Å². The summed E-state index contributed by atoms with van der Waals surface area (Å²) in [7, 11) is 0. The molecule has 2 heterocycles. The lowest BCUT2D eigenvalue weighted by Crippen LogP contribution is -2.16. The molecule has 3 nitrogen and oxygen atoms in total. The molecule has 1 aliphatic carbocycles. The van der Waals surface area contributed by atoms with Crippen LogP contribution in [-0.4, -0.2) is 21.3 Å². The van der Waals surface area contributed by atoms with Crippen LogP contribution in [0.5, 0.6) is 0 Å². The zero-order valence-electron chi connectivity index (χ0n) is 8.53. The third kappa shape index (κ3) is 1.57. The molecule has 1 fully saturated rings. The van der Waals surface area contributed by atoms with E-state index in [0.717, 1.165) is 24.0 Å². The molecule has 1 saturated carbocycles. The van der Waals surface area contributed by atoms with Crippen molar-refractivity contribution in [1.29, 1.82) is 0 Å². The fourth-order valence-electron chi connectivity index (χ4n) is 2.61. The van der Waals surface area contributed by atoms with E-state index in [1.807, 2.05) is 11.8 Å². The number of imidazole rings is 1. The van der Waals surface area contributed by atoms with E-state index >= 15 is 0 Å². The molecule has 0 aromatic carbocycles. The van der Waals surface area contributed by atoms with Crippen LogP contribution >= 0.6 is 24.0 Å². The third-order valence-corrected chi connectivity index (χ3v) is 4.78. The van der Waals surface area contributed by atoms with Crippen molar-refractivity contribution in [2.24, 2.45) is 5.73 Å². The first kappa shape index (κ1) is 9.93. The predicted octanol–water partition coefficient (Wildman–Crippen LogP) is 2.25. The first-order valence-electron chi connectivity index (χ1n) is 5.47. The van der Waals surface area contributed by atoms with Crippen molar-refractivity contribution in [2.45, 2.75) is 42.8 Å². The Morgan fingerprint density at radius 1 is 1.47 bits per heavy atom. The zero-order chi connectivity index (χ0) is 10.4. The first-order valence-corrected chi connectivity index (χ1v) is 6.87. The number of aryl methyl sites for hydroxylation is 1. The van der Waals surface area contributed by atoms with E-state index in [1.54, 1.807) is 0 Å². The summed E-state index contributed by atoms with van der Waals surface area (Å²) in [4.78, 5) is 3.33. The van der Waals surface area contributed by atoms with Crippen LogP contribution < -0.4 is 5.73 Å². The van der Waals surface area contributed by atoms with Gasteiger partial charge in [-0.05, 0) is 37.9 Å². The number of hydrogen-bond acceptors (Lipinski definition) is 3. The Labute approximate surface area is 98.4 Å². The number of aromatic nitrogens is 2. The van der Waals surface area contributed by atoms with Gasteiger partial charge in [0.2, 0.25) is 0 Å². The highest BCUT2D eigenvalue weighted by molar-refractivity contribution is 7.99. The Morgan fingerprint density at radius 2 is 2.33 bits per heavy atom. The van der Waals surface area contributed by atoms with Crippen LogP contribution in [0.15, 0.2) is 5.03 Å². The van der Waals surface area contributed by atoms with Crippen LogP contribution in [0, 0.1) is 4.77 Å². The molecule has 0 saturated heterocycles. The number of rotatable bonds is 1. The Hall–Kier alpha value is -0.260. The number of nitrogens with zero attached hydrogens (tertiary/aromatic N) is 1. The number of H-pyrrole nitrogens is 1. The Kier molecular flexibility index (Phi) is 2.41. The average Bonchev–Trinajstić information content (AvgIpc) is 2.81. The topological polar surface area (TPSA) is 46.7 Å². The van der Waals surface area contributed by atoms with Crippen molar-refractivity contribution in [1.82, 2.24) is 9.55 Å². The van der Waals surface area contributed by atoms with Crippen molar-refractivity contribution in [3.63, 3.8) is 0 Å². The van der Waals surface area contributed by atoms with E-state index in [1.165, 1.54) is 22.9 Å². The fraction of sp³-hybridized carbons (Fsp3) is 0.700. The summed E-state index contributed by atoms with van der Waals surface area (Å²) in [5.74, 6) is 1.19. The van der Waals surface area contributed by atoms with Crippen molar-refractivity contribution in [3.8, 4) is 0 Å². The van der Waals surface area contributed by atoms with Gasteiger partial charge >= 0.3 is 0 Å². The summed E-state index contributed by atoms with van der Waals surface area (Å²) in [5.41, 5.74) is 7.30. The minimum Gasteiger partial charge on any atom is -0.333 e. The Balaban J connectivity index is 2.01. The van der Waals surface area contributed by atoms with E-state index < -0.39 is 0 Å². The molecule has 15 heavy (non-hydrogen) atoms. The SMILES string of the molecule is NC1CCC(n2c3c([nH]c2=S)CCS3)C1. The maximum absolute atomic E-state index is 5.96. The average molecular weight is 241 g/mol. The van der Waals surface area contributed by atoms with Gasteiger partial charge in [-0.3, -0.25) is 0 Å². The predicted molar refractivity (Wildman–Crippen MR) is 64.9 cm³/mol.